The predicted octanol–water partition coefficient (Wildman–Crippen LogP) is 10.1. The summed E-state index contributed by atoms with van der Waals surface area (Å²) in [5.41, 5.74) is 1.96. The minimum absolute atomic E-state index is 0.0847. The van der Waals surface area contributed by atoms with E-state index < -0.39 is 0 Å². The Labute approximate surface area is 262 Å². The number of phenolic OH excluding ortho intramolecular Hbond substituents is 1. The van der Waals surface area contributed by atoms with Crippen molar-refractivity contribution in [2.45, 2.75) is 118 Å². The van der Waals surface area contributed by atoms with Crippen LogP contribution in [0.2, 0.25) is 0 Å². The molecule has 1 N–H and O–H groups in total. The zero-order valence-electron chi connectivity index (χ0n) is 28.1. The minimum Gasteiger partial charge on any atom is -0.504 e. The van der Waals surface area contributed by atoms with Gasteiger partial charge in [-0.15, -0.1) is 0 Å². The van der Waals surface area contributed by atoms with Crippen LogP contribution in [0.25, 0.3) is 6.08 Å². The summed E-state index contributed by atoms with van der Waals surface area (Å²) >= 11 is 0. The van der Waals surface area contributed by atoms with Crippen LogP contribution in [0, 0.1) is 58.2 Å². The number of rotatable bonds is 11. The Hall–Kier alpha value is -1.97. The highest BCUT2D eigenvalue weighted by molar-refractivity contribution is 5.87. The molecule has 4 fully saturated rings. The molecule has 4 saturated carbocycles. The maximum atomic E-state index is 12.4. The maximum absolute atomic E-state index is 12.4. The monoisotopic (exact) mass is 592 g/mol. The van der Waals surface area contributed by atoms with Gasteiger partial charge in [-0.05, 0) is 146 Å². The van der Waals surface area contributed by atoms with Gasteiger partial charge in [0.25, 0.3) is 0 Å². The van der Waals surface area contributed by atoms with Crippen molar-refractivity contribution in [1.29, 1.82) is 0 Å². The molecule has 0 saturated heterocycles. The molecule has 5 rings (SSSR count). The van der Waals surface area contributed by atoms with E-state index in [4.69, 9.17) is 9.47 Å². The topological polar surface area (TPSA) is 55.8 Å². The molecule has 240 valence electrons. The number of benzene rings is 1. The smallest absolute Gasteiger partial charge is 0.330 e. The molecule has 1 aromatic rings. The van der Waals surface area contributed by atoms with Crippen LogP contribution in [0.1, 0.15) is 124 Å². The predicted molar refractivity (Wildman–Crippen MR) is 176 cm³/mol. The van der Waals surface area contributed by atoms with Gasteiger partial charge < -0.3 is 14.6 Å². The lowest BCUT2D eigenvalue weighted by Gasteiger charge is -2.61. The Balaban J connectivity index is 1.11. The average Bonchev–Trinajstić information content (AvgIpc) is 3.35. The lowest BCUT2D eigenvalue weighted by atomic mass is 9.44. The molecule has 0 heterocycles. The molecule has 4 aliphatic rings. The first-order valence-electron chi connectivity index (χ1n) is 17.8. The number of phenols is 1. The van der Waals surface area contributed by atoms with Crippen molar-refractivity contribution < 1.29 is 19.4 Å². The summed E-state index contributed by atoms with van der Waals surface area (Å²) in [4.78, 5) is 12.4. The van der Waals surface area contributed by atoms with E-state index in [1.165, 1.54) is 90.2 Å². The molecule has 1 aromatic carbocycles. The summed E-state index contributed by atoms with van der Waals surface area (Å²) in [6.07, 6.45) is 21.4. The SMILES string of the molecule is COc1cc(/C=C\C(=O)OCC[C@H](CC[C@@H](C)[C@H]2CC[C@H]3[C@@H]4CCC5CCCC[C@]5(C)[C@H]4CC[C@]23C)C(C)C)ccc1O. The van der Waals surface area contributed by atoms with Gasteiger partial charge in [0.05, 0.1) is 13.7 Å². The summed E-state index contributed by atoms with van der Waals surface area (Å²) in [7, 11) is 1.51. The third-order valence-electron chi connectivity index (χ3n) is 13.6. The highest BCUT2D eigenvalue weighted by Crippen LogP contribution is 2.68. The van der Waals surface area contributed by atoms with Gasteiger partial charge in [-0.1, -0.05) is 59.9 Å². The van der Waals surface area contributed by atoms with Crippen LogP contribution in [-0.2, 0) is 9.53 Å². The normalized spacial score (nSPS) is 35.2. The highest BCUT2D eigenvalue weighted by atomic mass is 16.5. The number of esters is 1. The van der Waals surface area contributed by atoms with Crippen molar-refractivity contribution >= 4 is 12.0 Å². The minimum atomic E-state index is -0.320. The van der Waals surface area contributed by atoms with E-state index in [-0.39, 0.29) is 11.7 Å². The fraction of sp³-hybridized carbons (Fsp3) is 0.769. The zero-order valence-corrected chi connectivity index (χ0v) is 28.1. The van der Waals surface area contributed by atoms with Crippen LogP contribution in [0.15, 0.2) is 24.3 Å². The first-order chi connectivity index (χ1) is 20.6. The Morgan fingerprint density at radius 3 is 2.51 bits per heavy atom. The van der Waals surface area contributed by atoms with Crippen LogP contribution >= 0.6 is 0 Å². The number of hydrogen-bond donors (Lipinski definition) is 1. The van der Waals surface area contributed by atoms with Crippen molar-refractivity contribution in [3.05, 3.63) is 29.8 Å². The Morgan fingerprint density at radius 1 is 0.953 bits per heavy atom. The van der Waals surface area contributed by atoms with Crippen LogP contribution < -0.4 is 4.74 Å². The van der Waals surface area contributed by atoms with E-state index in [2.05, 4.69) is 34.6 Å². The van der Waals surface area contributed by atoms with Crippen molar-refractivity contribution in [3.63, 3.8) is 0 Å². The fourth-order valence-corrected chi connectivity index (χ4v) is 11.1. The second-order valence-electron chi connectivity index (χ2n) is 15.9. The molecule has 1 unspecified atom stereocenters. The second-order valence-corrected chi connectivity index (χ2v) is 15.9. The fourth-order valence-electron chi connectivity index (χ4n) is 11.1. The van der Waals surface area contributed by atoms with E-state index in [0.717, 1.165) is 47.5 Å². The Morgan fingerprint density at radius 2 is 1.74 bits per heavy atom. The van der Waals surface area contributed by atoms with Crippen LogP contribution in [0.4, 0.5) is 0 Å². The van der Waals surface area contributed by atoms with Crippen LogP contribution in [0.3, 0.4) is 0 Å². The third kappa shape index (κ3) is 6.69. The van der Waals surface area contributed by atoms with Gasteiger partial charge in [0.1, 0.15) is 0 Å². The third-order valence-corrected chi connectivity index (χ3v) is 13.6. The quantitative estimate of drug-likeness (QED) is 0.205. The Bertz CT molecular complexity index is 1120. The molecule has 4 nitrogen and oxygen atoms in total. The molecule has 4 aliphatic carbocycles. The number of carbonyl (C=O) groups excluding carboxylic acids is 1. The van der Waals surface area contributed by atoms with Crippen molar-refractivity contribution in [2.24, 2.45) is 58.2 Å². The van der Waals surface area contributed by atoms with Crippen molar-refractivity contribution in [1.82, 2.24) is 0 Å². The van der Waals surface area contributed by atoms with E-state index in [1.54, 1.807) is 24.3 Å². The van der Waals surface area contributed by atoms with Crippen LogP contribution in [0.5, 0.6) is 11.5 Å². The number of ether oxygens (including phenoxy) is 2. The van der Waals surface area contributed by atoms with Gasteiger partial charge in [-0.2, -0.15) is 0 Å². The molecule has 9 atom stereocenters. The molecule has 0 bridgehead atoms. The number of fused-ring (bicyclic) bond motifs is 5. The molecule has 0 aromatic heterocycles. The summed E-state index contributed by atoms with van der Waals surface area (Å²) in [6, 6.07) is 5.02. The number of carbonyl (C=O) groups is 1. The van der Waals surface area contributed by atoms with Gasteiger partial charge in [0.2, 0.25) is 0 Å². The Kier molecular flexibility index (Phi) is 10.2. The van der Waals surface area contributed by atoms with E-state index in [9.17, 15) is 9.90 Å². The molecule has 0 aliphatic heterocycles. The first kappa shape index (κ1) is 32.4. The van der Waals surface area contributed by atoms with Gasteiger partial charge in [-0.3, -0.25) is 0 Å². The average molecular weight is 593 g/mol. The molecular formula is C39H60O4. The number of aromatic hydroxyl groups is 1. The summed E-state index contributed by atoms with van der Waals surface area (Å²) in [5, 5.41) is 9.77. The second kappa shape index (κ2) is 13.6. The lowest BCUT2D eigenvalue weighted by Crippen LogP contribution is -2.53. The zero-order chi connectivity index (χ0) is 30.8. The number of hydrogen-bond acceptors (Lipinski definition) is 4. The summed E-state index contributed by atoms with van der Waals surface area (Å²) in [6.45, 7) is 13.1. The maximum Gasteiger partial charge on any atom is 0.330 e. The van der Waals surface area contributed by atoms with Crippen molar-refractivity contribution in [2.75, 3.05) is 13.7 Å². The van der Waals surface area contributed by atoms with E-state index in [1.807, 2.05) is 0 Å². The number of methoxy groups -OCH3 is 1. The molecule has 4 heteroatoms. The molecule has 0 radical (unpaired) electrons. The van der Waals surface area contributed by atoms with E-state index in [0.29, 0.717) is 35.0 Å². The lowest BCUT2D eigenvalue weighted by molar-refractivity contribution is -0.138. The molecule has 43 heavy (non-hydrogen) atoms. The first-order valence-corrected chi connectivity index (χ1v) is 17.8. The van der Waals surface area contributed by atoms with Gasteiger partial charge in [-0.25, -0.2) is 4.79 Å². The molecule has 0 amide bonds. The largest absolute Gasteiger partial charge is 0.504 e. The molecule has 0 spiro atoms. The van der Waals surface area contributed by atoms with E-state index >= 15 is 0 Å². The van der Waals surface area contributed by atoms with Crippen molar-refractivity contribution in [3.8, 4) is 11.5 Å². The van der Waals surface area contributed by atoms with Gasteiger partial charge >= 0.3 is 5.97 Å². The van der Waals surface area contributed by atoms with Gasteiger partial charge in [0.15, 0.2) is 11.5 Å². The molecular weight excluding hydrogens is 532 g/mol. The van der Waals surface area contributed by atoms with Gasteiger partial charge in [0, 0.05) is 6.08 Å². The standard InChI is InChI=1S/C39H60O4/c1-26(2)29(21-24-43-37(41)19-12-28-11-18-35(40)36(25-28)42-6)13-10-27(3)32-16-17-33-31-15-14-30-9-7-8-22-38(30,4)34(31)20-23-39(32,33)5/h11-12,18-19,25-27,29-34,40H,7-10,13-17,20-24H2,1-6H3/b19-12-/t27-,29+,30?,31+,32-,33+,34+,38+,39-/m1/s1. The van der Waals surface area contributed by atoms with Crippen LogP contribution in [-0.4, -0.2) is 24.8 Å². The summed E-state index contributed by atoms with van der Waals surface area (Å²) < 4.78 is 10.8. The summed E-state index contributed by atoms with van der Waals surface area (Å²) in [5.74, 6) is 6.88. The highest BCUT2D eigenvalue weighted by Gasteiger charge is 2.60.